The number of benzene rings is 2. The maximum absolute atomic E-state index is 8.79. The Balaban J connectivity index is 0.000000160. The van der Waals surface area contributed by atoms with Crippen LogP contribution in [0.2, 0.25) is 0 Å². The summed E-state index contributed by atoms with van der Waals surface area (Å²) >= 11 is 0. The summed E-state index contributed by atoms with van der Waals surface area (Å²) < 4.78 is 0. The third-order valence-electron chi connectivity index (χ3n) is 1.81. The number of hydrogen-bond acceptors (Lipinski definition) is 4. The van der Waals surface area contributed by atoms with E-state index in [2.05, 4.69) is 0 Å². The summed E-state index contributed by atoms with van der Waals surface area (Å²) in [5.41, 5.74) is 11.6. The lowest BCUT2D eigenvalue weighted by Crippen LogP contribution is -1.82. The van der Waals surface area contributed by atoms with Gasteiger partial charge in [0.05, 0.1) is 5.69 Å². The fourth-order valence-electron chi connectivity index (χ4n) is 1.01. The molecule has 16 heavy (non-hydrogen) atoms. The molecular weight excluding hydrogens is 204 g/mol. The average molecular weight is 218 g/mol. The van der Waals surface area contributed by atoms with E-state index in [0.29, 0.717) is 11.4 Å². The van der Waals surface area contributed by atoms with Gasteiger partial charge in [0.1, 0.15) is 11.5 Å². The monoisotopic (exact) mass is 218 g/mol. The van der Waals surface area contributed by atoms with E-state index in [4.69, 9.17) is 21.7 Å². The fraction of sp³-hybridized carbons (Fsp3) is 0. The highest BCUT2D eigenvalue weighted by atomic mass is 16.3. The molecule has 6 N–H and O–H groups in total. The third-order valence-corrected chi connectivity index (χ3v) is 1.81. The molecule has 0 heterocycles. The highest BCUT2D eigenvalue weighted by molar-refractivity contribution is 5.50. The second-order valence-corrected chi connectivity index (χ2v) is 3.15. The Kier molecular flexibility index (Phi) is 4.03. The molecule has 4 nitrogen and oxygen atoms in total. The van der Waals surface area contributed by atoms with Crippen LogP contribution in [-0.2, 0) is 0 Å². The zero-order valence-corrected chi connectivity index (χ0v) is 8.67. The van der Waals surface area contributed by atoms with E-state index < -0.39 is 0 Å². The van der Waals surface area contributed by atoms with Gasteiger partial charge in [-0.3, -0.25) is 0 Å². The summed E-state index contributed by atoms with van der Waals surface area (Å²) in [6.07, 6.45) is 0. The molecule has 0 aliphatic heterocycles. The molecule has 2 aromatic carbocycles. The van der Waals surface area contributed by atoms with Crippen LogP contribution in [0.4, 0.5) is 11.4 Å². The molecule has 0 amide bonds. The minimum absolute atomic E-state index is 0.146. The number of rotatable bonds is 0. The molecule has 84 valence electrons. The first-order chi connectivity index (χ1) is 7.59. The molecule has 0 radical (unpaired) electrons. The molecule has 4 heteroatoms. The van der Waals surface area contributed by atoms with Crippen molar-refractivity contribution in [3.63, 3.8) is 0 Å². The van der Waals surface area contributed by atoms with Crippen LogP contribution in [0.3, 0.4) is 0 Å². The van der Waals surface area contributed by atoms with Crippen LogP contribution < -0.4 is 11.5 Å². The first kappa shape index (κ1) is 11.7. The average Bonchev–Trinajstić information content (AvgIpc) is 2.23. The lowest BCUT2D eigenvalue weighted by atomic mass is 10.3. The highest BCUT2D eigenvalue weighted by Gasteiger charge is 1.87. The summed E-state index contributed by atoms with van der Waals surface area (Å²) in [6, 6.07) is 13.2. The molecule has 0 aromatic heterocycles. The molecule has 0 aliphatic carbocycles. The van der Waals surface area contributed by atoms with Gasteiger partial charge in [0, 0.05) is 11.8 Å². The molecule has 2 rings (SSSR count). The van der Waals surface area contributed by atoms with Crippen molar-refractivity contribution in [1.29, 1.82) is 0 Å². The lowest BCUT2D eigenvalue weighted by molar-refractivity contribution is 0.475. The third kappa shape index (κ3) is 3.79. The second kappa shape index (κ2) is 5.50. The smallest absolute Gasteiger partial charge is 0.138 e. The van der Waals surface area contributed by atoms with Gasteiger partial charge in [-0.15, -0.1) is 0 Å². The number of para-hydroxylation sites is 2. The van der Waals surface area contributed by atoms with E-state index in [0.717, 1.165) is 0 Å². The van der Waals surface area contributed by atoms with Gasteiger partial charge < -0.3 is 21.7 Å². The Bertz CT molecular complexity index is 420. The van der Waals surface area contributed by atoms with Crippen LogP contribution in [-0.4, -0.2) is 10.2 Å². The van der Waals surface area contributed by atoms with Crippen molar-refractivity contribution in [3.8, 4) is 11.5 Å². The van der Waals surface area contributed by atoms with Crippen molar-refractivity contribution < 1.29 is 10.2 Å². The van der Waals surface area contributed by atoms with E-state index in [1.807, 2.05) is 0 Å². The molecule has 0 unspecified atom stereocenters. The predicted molar refractivity (Wildman–Crippen MR) is 65.0 cm³/mol. The molecule has 0 fully saturated rings. The summed E-state index contributed by atoms with van der Waals surface area (Å²) in [6.45, 7) is 0. The van der Waals surface area contributed by atoms with E-state index in [1.165, 1.54) is 6.07 Å². The van der Waals surface area contributed by atoms with Gasteiger partial charge in [-0.1, -0.05) is 18.2 Å². The molecule has 0 saturated heterocycles. The number of phenolic OH excluding ortho intramolecular Hbond substituents is 2. The molecule has 0 spiro atoms. The summed E-state index contributed by atoms with van der Waals surface area (Å²) in [4.78, 5) is 0. The van der Waals surface area contributed by atoms with Crippen LogP contribution in [0.1, 0.15) is 0 Å². The van der Waals surface area contributed by atoms with Crippen LogP contribution in [0, 0.1) is 0 Å². The number of hydrogen-bond donors (Lipinski definition) is 4. The topological polar surface area (TPSA) is 92.5 Å². The Morgan fingerprint density at radius 1 is 0.812 bits per heavy atom. The van der Waals surface area contributed by atoms with Crippen molar-refractivity contribution in [2.24, 2.45) is 0 Å². The number of anilines is 2. The number of phenols is 2. The molecular formula is C12H14N2O2. The summed E-state index contributed by atoms with van der Waals surface area (Å²) in [5, 5.41) is 17.5. The van der Waals surface area contributed by atoms with E-state index in [9.17, 15) is 0 Å². The predicted octanol–water partition coefficient (Wildman–Crippen LogP) is 1.95. The van der Waals surface area contributed by atoms with Crippen molar-refractivity contribution in [1.82, 2.24) is 0 Å². The zero-order chi connectivity index (χ0) is 12.0. The van der Waals surface area contributed by atoms with Crippen LogP contribution >= 0.6 is 0 Å². The fourth-order valence-corrected chi connectivity index (χ4v) is 1.01. The quantitative estimate of drug-likeness (QED) is 0.401. The van der Waals surface area contributed by atoms with Crippen molar-refractivity contribution in [2.45, 2.75) is 0 Å². The SMILES string of the molecule is Nc1cccc(O)c1.Nc1ccccc1O. The molecule has 0 aliphatic rings. The van der Waals surface area contributed by atoms with Crippen LogP contribution in [0.15, 0.2) is 48.5 Å². The molecule has 0 bridgehead atoms. The van der Waals surface area contributed by atoms with Gasteiger partial charge in [0.25, 0.3) is 0 Å². The molecule has 0 atom stereocenters. The van der Waals surface area contributed by atoms with Crippen LogP contribution in [0.5, 0.6) is 11.5 Å². The van der Waals surface area contributed by atoms with Crippen molar-refractivity contribution in [2.75, 3.05) is 11.5 Å². The normalized spacial score (nSPS) is 9.00. The Hall–Kier alpha value is -2.36. The van der Waals surface area contributed by atoms with Crippen LogP contribution in [0.25, 0.3) is 0 Å². The standard InChI is InChI=1S/2C6H7NO/c7-5-2-1-3-6(8)4-5;7-5-3-1-2-4-6(5)8/h2*1-4,8H,7H2. The van der Waals surface area contributed by atoms with E-state index >= 15 is 0 Å². The Labute approximate surface area is 93.8 Å². The van der Waals surface area contributed by atoms with Gasteiger partial charge in [-0.25, -0.2) is 0 Å². The van der Waals surface area contributed by atoms with Gasteiger partial charge in [0.15, 0.2) is 0 Å². The summed E-state index contributed by atoms with van der Waals surface area (Å²) in [7, 11) is 0. The first-order valence-corrected chi connectivity index (χ1v) is 4.67. The first-order valence-electron chi connectivity index (χ1n) is 4.67. The maximum Gasteiger partial charge on any atom is 0.138 e. The van der Waals surface area contributed by atoms with Gasteiger partial charge in [-0.05, 0) is 24.3 Å². The highest BCUT2D eigenvalue weighted by Crippen LogP contribution is 2.16. The van der Waals surface area contributed by atoms with Gasteiger partial charge in [-0.2, -0.15) is 0 Å². The van der Waals surface area contributed by atoms with E-state index in [1.54, 1.807) is 42.5 Å². The zero-order valence-electron chi connectivity index (χ0n) is 8.67. The number of aromatic hydroxyl groups is 2. The minimum atomic E-state index is 0.146. The Morgan fingerprint density at radius 3 is 1.88 bits per heavy atom. The number of nitrogen functional groups attached to an aromatic ring is 2. The second-order valence-electron chi connectivity index (χ2n) is 3.15. The Morgan fingerprint density at radius 2 is 1.50 bits per heavy atom. The largest absolute Gasteiger partial charge is 0.508 e. The summed E-state index contributed by atoms with van der Waals surface area (Å²) in [5.74, 6) is 0.359. The van der Waals surface area contributed by atoms with E-state index in [-0.39, 0.29) is 11.5 Å². The molecule has 0 saturated carbocycles. The lowest BCUT2D eigenvalue weighted by Gasteiger charge is -1.92. The van der Waals surface area contributed by atoms with Gasteiger partial charge >= 0.3 is 0 Å². The number of nitrogens with two attached hydrogens (primary N) is 2. The van der Waals surface area contributed by atoms with Crippen molar-refractivity contribution in [3.05, 3.63) is 48.5 Å². The molecule has 2 aromatic rings. The van der Waals surface area contributed by atoms with Gasteiger partial charge in [0.2, 0.25) is 0 Å². The maximum atomic E-state index is 8.79. The van der Waals surface area contributed by atoms with Crippen molar-refractivity contribution >= 4 is 11.4 Å². The minimum Gasteiger partial charge on any atom is -0.508 e.